The summed E-state index contributed by atoms with van der Waals surface area (Å²) in [5.74, 6) is -0.848. The van der Waals surface area contributed by atoms with Crippen molar-refractivity contribution in [3.05, 3.63) is 77.4 Å². The largest absolute Gasteiger partial charge is 0.454 e. The molecule has 35 heavy (non-hydrogen) atoms. The van der Waals surface area contributed by atoms with Crippen LogP contribution in [0.3, 0.4) is 0 Å². The lowest BCUT2D eigenvalue weighted by molar-refractivity contribution is -0.0498. The number of hydrogen-bond donors (Lipinski definition) is 0. The Morgan fingerprint density at radius 1 is 0.857 bits per heavy atom. The Morgan fingerprint density at radius 2 is 1.49 bits per heavy atom. The molecule has 0 aromatic heterocycles. The fourth-order valence-electron chi connectivity index (χ4n) is 4.99. The summed E-state index contributed by atoms with van der Waals surface area (Å²) in [5, 5.41) is 0. The second-order valence-electron chi connectivity index (χ2n) is 9.28. The zero-order valence-electron chi connectivity index (χ0n) is 20.0. The smallest absolute Gasteiger partial charge is 0.387 e. The minimum Gasteiger partial charge on any atom is -0.454 e. The topological polar surface area (TPSA) is 18.5 Å². The molecule has 0 heterocycles. The number of ether oxygens (including phenoxy) is 2. The first-order valence-corrected chi connectivity index (χ1v) is 12.2. The molecule has 0 unspecified atom stereocenters. The van der Waals surface area contributed by atoms with Crippen molar-refractivity contribution in [2.45, 2.75) is 64.9 Å². The van der Waals surface area contributed by atoms with Gasteiger partial charge in [0.2, 0.25) is 5.82 Å². The molecular weight excluding hydrogens is 456 g/mol. The van der Waals surface area contributed by atoms with Gasteiger partial charge in [-0.3, -0.25) is 0 Å². The lowest BCUT2D eigenvalue weighted by Crippen LogP contribution is -2.13. The predicted molar refractivity (Wildman–Crippen MR) is 129 cm³/mol. The maximum atomic E-state index is 15.0. The van der Waals surface area contributed by atoms with E-state index in [-0.39, 0.29) is 22.8 Å². The van der Waals surface area contributed by atoms with Crippen molar-refractivity contribution in [1.29, 1.82) is 0 Å². The van der Waals surface area contributed by atoms with E-state index >= 15 is 0 Å². The monoisotopic (exact) mass is 486 g/mol. The van der Waals surface area contributed by atoms with Gasteiger partial charge in [-0.25, -0.2) is 4.39 Å². The van der Waals surface area contributed by atoms with Gasteiger partial charge in [-0.15, -0.1) is 0 Å². The summed E-state index contributed by atoms with van der Waals surface area (Å²) in [6.45, 7) is 0.789. The third-order valence-corrected chi connectivity index (χ3v) is 6.85. The van der Waals surface area contributed by atoms with E-state index in [2.05, 4.69) is 23.8 Å². The molecule has 1 saturated carbocycles. The Kier molecular flexibility index (Phi) is 7.99. The van der Waals surface area contributed by atoms with Crippen LogP contribution < -0.4 is 9.47 Å². The van der Waals surface area contributed by atoms with E-state index in [9.17, 15) is 17.6 Å². The van der Waals surface area contributed by atoms with Gasteiger partial charge in [0.1, 0.15) is 11.5 Å². The Balaban J connectivity index is 1.58. The fourth-order valence-corrected chi connectivity index (χ4v) is 4.99. The van der Waals surface area contributed by atoms with E-state index in [1.54, 1.807) is 6.07 Å². The fraction of sp³-hybridized carbons (Fsp3) is 0.379. The SMILES string of the molecule is CCCC1CCC(c2ccc(-c3cc(C)c(F)c(F)c3Oc3ccc(OC(F)F)cc3)cc2)CC1. The average molecular weight is 487 g/mol. The number of alkyl halides is 2. The van der Waals surface area contributed by atoms with Gasteiger partial charge in [-0.2, -0.15) is 13.2 Å². The maximum Gasteiger partial charge on any atom is 0.387 e. The molecule has 0 saturated heterocycles. The second-order valence-corrected chi connectivity index (χ2v) is 9.28. The number of hydrogen-bond acceptors (Lipinski definition) is 2. The molecule has 1 aliphatic rings. The molecule has 186 valence electrons. The maximum absolute atomic E-state index is 15.0. The van der Waals surface area contributed by atoms with Gasteiger partial charge in [0, 0.05) is 5.56 Å². The molecule has 0 N–H and O–H groups in total. The third kappa shape index (κ3) is 5.98. The van der Waals surface area contributed by atoms with Crippen LogP contribution in [0, 0.1) is 24.5 Å². The van der Waals surface area contributed by atoms with Gasteiger partial charge in [-0.05, 0) is 91.5 Å². The van der Waals surface area contributed by atoms with Crippen LogP contribution in [0.5, 0.6) is 17.2 Å². The van der Waals surface area contributed by atoms with Crippen LogP contribution >= 0.6 is 0 Å². The van der Waals surface area contributed by atoms with Crippen LogP contribution in [0.4, 0.5) is 17.6 Å². The van der Waals surface area contributed by atoms with Crippen molar-refractivity contribution >= 4 is 0 Å². The van der Waals surface area contributed by atoms with E-state index in [0.29, 0.717) is 17.0 Å². The summed E-state index contributed by atoms with van der Waals surface area (Å²) >= 11 is 0. The lowest BCUT2D eigenvalue weighted by Gasteiger charge is -2.28. The Labute approximate surface area is 203 Å². The first kappa shape index (κ1) is 25.1. The summed E-state index contributed by atoms with van der Waals surface area (Å²) in [7, 11) is 0. The van der Waals surface area contributed by atoms with Gasteiger partial charge >= 0.3 is 6.61 Å². The van der Waals surface area contributed by atoms with E-state index in [1.807, 2.05) is 12.1 Å². The van der Waals surface area contributed by atoms with Crippen molar-refractivity contribution in [1.82, 2.24) is 0 Å². The first-order valence-electron chi connectivity index (χ1n) is 12.2. The Morgan fingerprint density at radius 3 is 2.09 bits per heavy atom. The summed E-state index contributed by atoms with van der Waals surface area (Å²) in [5.41, 5.74) is 2.57. The zero-order valence-corrected chi connectivity index (χ0v) is 20.0. The van der Waals surface area contributed by atoms with Gasteiger partial charge in [-0.1, -0.05) is 44.0 Å². The molecule has 3 aromatic rings. The van der Waals surface area contributed by atoms with Crippen LogP contribution in [-0.2, 0) is 0 Å². The molecule has 0 aliphatic heterocycles. The van der Waals surface area contributed by atoms with Crippen molar-refractivity contribution < 1.29 is 27.0 Å². The normalized spacial score (nSPS) is 18.0. The predicted octanol–water partition coefficient (Wildman–Crippen LogP) is 9.41. The summed E-state index contributed by atoms with van der Waals surface area (Å²) in [4.78, 5) is 0. The van der Waals surface area contributed by atoms with Crippen molar-refractivity contribution in [2.24, 2.45) is 5.92 Å². The van der Waals surface area contributed by atoms with Gasteiger partial charge in [0.05, 0.1) is 0 Å². The highest BCUT2D eigenvalue weighted by Gasteiger charge is 2.23. The summed E-state index contributed by atoms with van der Waals surface area (Å²) in [6.07, 6.45) is 7.38. The van der Waals surface area contributed by atoms with Crippen LogP contribution in [-0.4, -0.2) is 6.61 Å². The summed E-state index contributed by atoms with van der Waals surface area (Å²) in [6, 6.07) is 14.9. The lowest BCUT2D eigenvalue weighted by atomic mass is 9.77. The van der Waals surface area contributed by atoms with Gasteiger partial charge in [0.15, 0.2) is 11.6 Å². The van der Waals surface area contributed by atoms with Crippen molar-refractivity contribution in [3.63, 3.8) is 0 Å². The quantitative estimate of drug-likeness (QED) is 0.295. The average Bonchev–Trinajstić information content (AvgIpc) is 2.86. The molecule has 1 fully saturated rings. The second kappa shape index (κ2) is 11.1. The molecule has 0 atom stereocenters. The molecule has 4 rings (SSSR count). The van der Waals surface area contributed by atoms with E-state index in [1.165, 1.54) is 75.3 Å². The third-order valence-electron chi connectivity index (χ3n) is 6.85. The Bertz CT molecular complexity index is 1120. The molecular formula is C29H30F4O2. The molecule has 0 radical (unpaired) electrons. The van der Waals surface area contributed by atoms with Crippen LogP contribution in [0.1, 0.15) is 62.5 Å². The molecule has 0 spiro atoms. The Hall–Kier alpha value is -3.02. The van der Waals surface area contributed by atoms with Crippen LogP contribution in [0.15, 0.2) is 54.6 Å². The van der Waals surface area contributed by atoms with Crippen molar-refractivity contribution in [2.75, 3.05) is 0 Å². The van der Waals surface area contributed by atoms with E-state index < -0.39 is 18.2 Å². The number of halogens is 4. The standard InChI is InChI=1S/C29H30F4O2/c1-3-4-19-5-7-20(8-6-19)21-9-11-22(12-10-21)25-17-18(2)26(30)27(31)28(25)34-23-13-15-24(16-14-23)35-29(32)33/h9-17,19-20,29H,3-8H2,1-2H3. The van der Waals surface area contributed by atoms with Crippen LogP contribution in [0.2, 0.25) is 0 Å². The minimum absolute atomic E-state index is 0.0533. The highest BCUT2D eigenvalue weighted by molar-refractivity contribution is 5.72. The zero-order chi connectivity index (χ0) is 24.9. The molecule has 0 amide bonds. The van der Waals surface area contributed by atoms with Gasteiger partial charge < -0.3 is 9.47 Å². The van der Waals surface area contributed by atoms with E-state index in [0.717, 1.165) is 5.92 Å². The molecule has 1 aliphatic carbocycles. The first-order chi connectivity index (χ1) is 16.9. The molecule has 0 bridgehead atoms. The molecule has 3 aromatic carbocycles. The molecule has 2 nitrogen and oxygen atoms in total. The minimum atomic E-state index is -2.95. The highest BCUT2D eigenvalue weighted by Crippen LogP contribution is 2.41. The van der Waals surface area contributed by atoms with E-state index in [4.69, 9.17) is 4.74 Å². The van der Waals surface area contributed by atoms with Gasteiger partial charge in [0.25, 0.3) is 0 Å². The highest BCUT2D eigenvalue weighted by atomic mass is 19.3. The van der Waals surface area contributed by atoms with Crippen molar-refractivity contribution in [3.8, 4) is 28.4 Å². The summed E-state index contributed by atoms with van der Waals surface area (Å²) < 4.78 is 64.3. The number of aryl methyl sites for hydroxylation is 1. The number of benzene rings is 3. The molecule has 6 heteroatoms. The number of rotatable bonds is 8. The van der Waals surface area contributed by atoms with Crippen LogP contribution in [0.25, 0.3) is 11.1 Å².